The minimum Gasteiger partial charge on any atom is -0.504 e. The topological polar surface area (TPSA) is 98.7 Å². The van der Waals surface area contributed by atoms with Gasteiger partial charge in [-0.2, -0.15) is 0 Å². The Kier molecular flexibility index (Phi) is 4.23. The van der Waals surface area contributed by atoms with Gasteiger partial charge in [-0.1, -0.05) is 24.3 Å². The number of para-hydroxylation sites is 3. The Morgan fingerprint density at radius 1 is 1.00 bits per heavy atom. The first-order valence-corrected chi connectivity index (χ1v) is 8.06. The zero-order valence-corrected chi connectivity index (χ0v) is 12.2. The second-order valence-corrected chi connectivity index (χ2v) is 6.31. The number of phenols is 2. The number of benzene rings is 2. The molecule has 0 heterocycles. The van der Waals surface area contributed by atoms with Gasteiger partial charge in [0.2, 0.25) is 10.0 Å². The first-order valence-electron chi connectivity index (χ1n) is 6.17. The Bertz CT molecular complexity index is 744. The number of rotatable bonds is 5. The zero-order valence-electron chi connectivity index (χ0n) is 11.4. The number of sulfonamides is 1. The highest BCUT2D eigenvalue weighted by atomic mass is 32.2. The van der Waals surface area contributed by atoms with Gasteiger partial charge in [0.05, 0.1) is 17.6 Å². The molecule has 0 atom stereocenters. The molecule has 0 bridgehead atoms. The van der Waals surface area contributed by atoms with Crippen LogP contribution in [0.15, 0.2) is 42.5 Å². The summed E-state index contributed by atoms with van der Waals surface area (Å²) >= 11 is 0. The van der Waals surface area contributed by atoms with Crippen LogP contribution in [-0.2, 0) is 16.6 Å². The van der Waals surface area contributed by atoms with Gasteiger partial charge in [0.25, 0.3) is 0 Å². The number of hydrogen-bond donors (Lipinski definition) is 4. The van der Waals surface area contributed by atoms with Crippen molar-refractivity contribution in [1.29, 1.82) is 0 Å². The van der Waals surface area contributed by atoms with Crippen LogP contribution in [0, 0.1) is 0 Å². The van der Waals surface area contributed by atoms with E-state index in [1.165, 1.54) is 6.07 Å². The van der Waals surface area contributed by atoms with Gasteiger partial charge in [0, 0.05) is 12.1 Å². The van der Waals surface area contributed by atoms with Gasteiger partial charge >= 0.3 is 0 Å². The summed E-state index contributed by atoms with van der Waals surface area (Å²) in [7, 11) is -3.38. The van der Waals surface area contributed by atoms with E-state index in [4.69, 9.17) is 0 Å². The number of phenolic OH excluding ortho intramolecular Hbond substituents is 2. The van der Waals surface area contributed by atoms with E-state index in [0.717, 1.165) is 6.26 Å². The lowest BCUT2D eigenvalue weighted by Crippen LogP contribution is -2.12. The highest BCUT2D eigenvalue weighted by Crippen LogP contribution is 2.29. The second-order valence-electron chi connectivity index (χ2n) is 4.56. The third-order valence-electron chi connectivity index (χ3n) is 2.79. The molecule has 2 aromatic carbocycles. The summed E-state index contributed by atoms with van der Waals surface area (Å²) in [5.74, 6) is -0.393. The minimum absolute atomic E-state index is 0.196. The van der Waals surface area contributed by atoms with E-state index in [0.29, 0.717) is 16.9 Å². The Morgan fingerprint density at radius 2 is 1.67 bits per heavy atom. The quantitative estimate of drug-likeness (QED) is 0.634. The van der Waals surface area contributed by atoms with E-state index >= 15 is 0 Å². The maximum absolute atomic E-state index is 11.3. The van der Waals surface area contributed by atoms with E-state index < -0.39 is 10.0 Å². The summed E-state index contributed by atoms with van der Waals surface area (Å²) in [4.78, 5) is 0. The first-order chi connectivity index (χ1) is 9.87. The van der Waals surface area contributed by atoms with Gasteiger partial charge in [0.15, 0.2) is 11.5 Å². The number of hydrogen-bond acceptors (Lipinski definition) is 5. The summed E-state index contributed by atoms with van der Waals surface area (Å²) in [5.41, 5.74) is 1.49. The van der Waals surface area contributed by atoms with Crippen LogP contribution in [0.2, 0.25) is 0 Å². The molecule has 0 saturated carbocycles. The molecule has 7 heteroatoms. The Morgan fingerprint density at radius 3 is 2.33 bits per heavy atom. The van der Waals surface area contributed by atoms with Crippen LogP contribution in [-0.4, -0.2) is 24.9 Å². The van der Waals surface area contributed by atoms with Crippen LogP contribution >= 0.6 is 0 Å². The molecule has 4 N–H and O–H groups in total. The van der Waals surface area contributed by atoms with Crippen LogP contribution in [0.1, 0.15) is 5.56 Å². The van der Waals surface area contributed by atoms with Crippen LogP contribution in [0.25, 0.3) is 0 Å². The van der Waals surface area contributed by atoms with E-state index in [1.807, 2.05) is 0 Å². The Labute approximate surface area is 123 Å². The highest BCUT2D eigenvalue weighted by Gasteiger charge is 2.09. The molecule has 0 spiro atoms. The molecule has 0 saturated heterocycles. The van der Waals surface area contributed by atoms with Gasteiger partial charge in [0.1, 0.15) is 0 Å². The van der Waals surface area contributed by atoms with Gasteiger partial charge < -0.3 is 15.5 Å². The summed E-state index contributed by atoms with van der Waals surface area (Å²) in [6, 6.07) is 11.5. The van der Waals surface area contributed by atoms with Gasteiger partial charge in [-0.25, -0.2) is 8.42 Å². The molecule has 0 aliphatic rings. The zero-order chi connectivity index (χ0) is 15.5. The Hall–Kier alpha value is -2.41. The average Bonchev–Trinajstić information content (AvgIpc) is 2.40. The molecule has 0 fully saturated rings. The van der Waals surface area contributed by atoms with E-state index in [1.54, 1.807) is 36.4 Å². The van der Waals surface area contributed by atoms with E-state index in [2.05, 4.69) is 10.0 Å². The maximum atomic E-state index is 11.3. The standard InChI is InChI=1S/C14H16N2O4S/c1-21(19,20)16-12-7-3-2-6-11(12)15-9-10-5-4-8-13(17)14(10)18/h2-8,15-18H,9H2,1H3. The third kappa shape index (κ3) is 4.03. The van der Waals surface area contributed by atoms with Crippen molar-refractivity contribution in [3.05, 3.63) is 48.0 Å². The lowest BCUT2D eigenvalue weighted by atomic mass is 10.1. The van der Waals surface area contributed by atoms with E-state index in [9.17, 15) is 18.6 Å². The molecule has 21 heavy (non-hydrogen) atoms. The van der Waals surface area contributed by atoms with Crippen molar-refractivity contribution in [2.24, 2.45) is 0 Å². The first kappa shape index (κ1) is 15.0. The molecule has 0 unspecified atom stereocenters. The molecule has 112 valence electrons. The fourth-order valence-corrected chi connectivity index (χ4v) is 2.41. The lowest BCUT2D eigenvalue weighted by molar-refractivity contribution is 0.400. The molecular formula is C14H16N2O4S. The summed E-state index contributed by atoms with van der Waals surface area (Å²) in [6.07, 6.45) is 1.07. The maximum Gasteiger partial charge on any atom is 0.229 e. The van der Waals surface area contributed by atoms with Crippen molar-refractivity contribution in [3.8, 4) is 11.5 Å². The van der Waals surface area contributed by atoms with Crippen molar-refractivity contribution in [1.82, 2.24) is 0 Å². The smallest absolute Gasteiger partial charge is 0.229 e. The normalized spacial score (nSPS) is 11.1. The van der Waals surface area contributed by atoms with Gasteiger partial charge in [-0.05, 0) is 18.2 Å². The molecule has 2 rings (SSSR count). The van der Waals surface area contributed by atoms with Crippen molar-refractivity contribution in [3.63, 3.8) is 0 Å². The molecule has 0 aromatic heterocycles. The number of anilines is 2. The van der Waals surface area contributed by atoms with Crippen molar-refractivity contribution in [2.75, 3.05) is 16.3 Å². The number of nitrogens with one attached hydrogen (secondary N) is 2. The molecule has 0 amide bonds. The van der Waals surface area contributed by atoms with Crippen LogP contribution in [0.4, 0.5) is 11.4 Å². The second kappa shape index (κ2) is 5.92. The Balaban J connectivity index is 2.19. The fourth-order valence-electron chi connectivity index (χ4n) is 1.84. The van der Waals surface area contributed by atoms with Gasteiger partial charge in [-0.15, -0.1) is 0 Å². The highest BCUT2D eigenvalue weighted by molar-refractivity contribution is 7.92. The summed E-state index contributed by atoms with van der Waals surface area (Å²) in [5, 5.41) is 22.2. The SMILES string of the molecule is CS(=O)(=O)Nc1ccccc1NCc1cccc(O)c1O. The fraction of sp³-hybridized carbons (Fsp3) is 0.143. The average molecular weight is 308 g/mol. The van der Waals surface area contributed by atoms with Crippen molar-refractivity contribution in [2.45, 2.75) is 6.54 Å². The molecule has 6 nitrogen and oxygen atoms in total. The minimum atomic E-state index is -3.38. The number of aromatic hydroxyl groups is 2. The molecule has 0 aliphatic heterocycles. The van der Waals surface area contributed by atoms with Crippen molar-refractivity contribution >= 4 is 21.4 Å². The molecule has 0 aliphatic carbocycles. The lowest BCUT2D eigenvalue weighted by Gasteiger charge is -2.13. The molecular weight excluding hydrogens is 292 g/mol. The predicted molar refractivity (Wildman–Crippen MR) is 82.0 cm³/mol. The summed E-state index contributed by atoms with van der Waals surface area (Å²) < 4.78 is 25.0. The predicted octanol–water partition coefficient (Wildman–Crippen LogP) is 2.08. The summed E-state index contributed by atoms with van der Waals surface area (Å²) in [6.45, 7) is 0.239. The van der Waals surface area contributed by atoms with Crippen molar-refractivity contribution < 1.29 is 18.6 Å². The van der Waals surface area contributed by atoms with Gasteiger partial charge in [-0.3, -0.25) is 4.72 Å². The van der Waals surface area contributed by atoms with Crippen LogP contribution in [0.5, 0.6) is 11.5 Å². The monoisotopic (exact) mass is 308 g/mol. The molecule has 2 aromatic rings. The van der Waals surface area contributed by atoms with Crippen LogP contribution < -0.4 is 10.0 Å². The molecule has 0 radical (unpaired) electrons. The largest absolute Gasteiger partial charge is 0.504 e. The van der Waals surface area contributed by atoms with E-state index in [-0.39, 0.29) is 18.0 Å². The third-order valence-corrected chi connectivity index (χ3v) is 3.38. The van der Waals surface area contributed by atoms with Crippen LogP contribution in [0.3, 0.4) is 0 Å².